The van der Waals surface area contributed by atoms with Crippen LogP contribution in [0.15, 0.2) is 23.1 Å². The Morgan fingerprint density at radius 1 is 1.30 bits per heavy atom. The number of benzene rings is 1. The maximum absolute atomic E-state index is 12.4. The number of nitrogens with one attached hydrogen (secondary N) is 1. The van der Waals surface area contributed by atoms with Gasteiger partial charge >= 0.3 is 0 Å². The summed E-state index contributed by atoms with van der Waals surface area (Å²) < 4.78 is 27.3. The second-order valence-electron chi connectivity index (χ2n) is 6.24. The summed E-state index contributed by atoms with van der Waals surface area (Å²) in [4.78, 5) is 14.4. The standard InChI is InChI=1S/C17H26N2O3S/c1-4-15-7-5-6-10-19(15)17(20)12-18-23(21,22)16-9-8-13(2)11-14(16)3/h8-9,11,15,18H,4-7,10,12H2,1-3H3. The molecule has 0 bridgehead atoms. The molecule has 1 aliphatic heterocycles. The Balaban J connectivity index is 2.05. The van der Waals surface area contributed by atoms with Crippen molar-refractivity contribution in [2.45, 2.75) is 57.4 Å². The quantitative estimate of drug-likeness (QED) is 0.896. The Bertz CT molecular complexity index is 670. The van der Waals surface area contributed by atoms with Crippen LogP contribution in [0.2, 0.25) is 0 Å². The molecule has 1 amide bonds. The average Bonchev–Trinajstić information content (AvgIpc) is 2.52. The summed E-state index contributed by atoms with van der Waals surface area (Å²) in [5, 5.41) is 0. The fourth-order valence-corrected chi connectivity index (χ4v) is 4.39. The molecule has 0 aromatic heterocycles. The predicted molar refractivity (Wildman–Crippen MR) is 90.7 cm³/mol. The van der Waals surface area contributed by atoms with E-state index in [1.807, 2.05) is 17.9 Å². The van der Waals surface area contributed by atoms with Gasteiger partial charge < -0.3 is 4.90 Å². The number of sulfonamides is 1. The zero-order valence-corrected chi connectivity index (χ0v) is 14.9. The van der Waals surface area contributed by atoms with Crippen molar-refractivity contribution in [3.63, 3.8) is 0 Å². The third-order valence-electron chi connectivity index (χ3n) is 4.45. The van der Waals surface area contributed by atoms with Crippen LogP contribution in [0.25, 0.3) is 0 Å². The fourth-order valence-electron chi connectivity index (χ4n) is 3.19. The third-order valence-corrected chi connectivity index (χ3v) is 6.01. The topological polar surface area (TPSA) is 66.5 Å². The highest BCUT2D eigenvalue weighted by Crippen LogP contribution is 2.20. The van der Waals surface area contributed by atoms with Gasteiger partial charge in [-0.15, -0.1) is 0 Å². The van der Waals surface area contributed by atoms with Gasteiger partial charge in [0.25, 0.3) is 0 Å². The Hall–Kier alpha value is -1.40. The summed E-state index contributed by atoms with van der Waals surface area (Å²) in [7, 11) is -3.66. The first-order valence-corrected chi connectivity index (χ1v) is 9.70. The van der Waals surface area contributed by atoms with Gasteiger partial charge in [-0.05, 0) is 51.2 Å². The van der Waals surface area contributed by atoms with Gasteiger partial charge in [-0.3, -0.25) is 4.79 Å². The Labute approximate surface area is 139 Å². The zero-order valence-electron chi connectivity index (χ0n) is 14.1. The second kappa shape index (κ2) is 7.45. The molecule has 0 radical (unpaired) electrons. The molecule has 1 aromatic rings. The van der Waals surface area contributed by atoms with E-state index in [-0.39, 0.29) is 23.4 Å². The fraction of sp³-hybridized carbons (Fsp3) is 0.588. The second-order valence-corrected chi connectivity index (χ2v) is 7.97. The largest absolute Gasteiger partial charge is 0.339 e. The lowest BCUT2D eigenvalue weighted by Gasteiger charge is -2.35. The number of rotatable bonds is 5. The molecule has 0 saturated carbocycles. The molecular weight excluding hydrogens is 312 g/mol. The summed E-state index contributed by atoms with van der Waals surface area (Å²) in [6.45, 7) is 6.30. The number of hydrogen-bond acceptors (Lipinski definition) is 3. The van der Waals surface area contributed by atoms with E-state index in [2.05, 4.69) is 11.6 Å². The van der Waals surface area contributed by atoms with E-state index in [0.29, 0.717) is 5.56 Å². The minimum Gasteiger partial charge on any atom is -0.339 e. The van der Waals surface area contributed by atoms with Gasteiger partial charge in [-0.25, -0.2) is 13.1 Å². The number of likely N-dealkylation sites (tertiary alicyclic amines) is 1. The molecule has 5 nitrogen and oxygen atoms in total. The maximum atomic E-state index is 12.4. The average molecular weight is 338 g/mol. The molecule has 0 spiro atoms. The van der Waals surface area contributed by atoms with Crippen molar-refractivity contribution < 1.29 is 13.2 Å². The number of nitrogens with zero attached hydrogens (tertiary/aromatic N) is 1. The van der Waals surface area contributed by atoms with Crippen LogP contribution in [0.4, 0.5) is 0 Å². The molecule has 128 valence electrons. The summed E-state index contributed by atoms with van der Waals surface area (Å²) in [6, 6.07) is 5.42. The number of amides is 1. The lowest BCUT2D eigenvalue weighted by atomic mass is 10.00. The highest BCUT2D eigenvalue weighted by Gasteiger charge is 2.26. The number of carbonyl (C=O) groups excluding carboxylic acids is 1. The van der Waals surface area contributed by atoms with Crippen LogP contribution in [0.1, 0.15) is 43.7 Å². The molecule has 1 heterocycles. The van der Waals surface area contributed by atoms with E-state index < -0.39 is 10.0 Å². The van der Waals surface area contributed by atoms with Crippen molar-refractivity contribution >= 4 is 15.9 Å². The normalized spacial score (nSPS) is 18.9. The van der Waals surface area contributed by atoms with Gasteiger partial charge in [0, 0.05) is 12.6 Å². The first kappa shape index (κ1) is 17.9. The van der Waals surface area contributed by atoms with E-state index in [4.69, 9.17) is 0 Å². The third kappa shape index (κ3) is 4.32. The minimum atomic E-state index is -3.66. The highest BCUT2D eigenvalue weighted by atomic mass is 32.2. The molecule has 1 saturated heterocycles. The number of aryl methyl sites for hydroxylation is 2. The highest BCUT2D eigenvalue weighted by molar-refractivity contribution is 7.89. The maximum Gasteiger partial charge on any atom is 0.241 e. The van der Waals surface area contributed by atoms with Crippen LogP contribution >= 0.6 is 0 Å². The first-order valence-electron chi connectivity index (χ1n) is 8.21. The van der Waals surface area contributed by atoms with Crippen LogP contribution in [0.3, 0.4) is 0 Å². The van der Waals surface area contributed by atoms with Crippen molar-refractivity contribution in [3.05, 3.63) is 29.3 Å². The van der Waals surface area contributed by atoms with Crippen molar-refractivity contribution in [1.82, 2.24) is 9.62 Å². The van der Waals surface area contributed by atoms with Crippen LogP contribution < -0.4 is 4.72 Å². The van der Waals surface area contributed by atoms with Gasteiger partial charge in [-0.1, -0.05) is 24.6 Å². The van der Waals surface area contributed by atoms with E-state index in [0.717, 1.165) is 37.8 Å². The van der Waals surface area contributed by atoms with E-state index in [1.165, 1.54) is 0 Å². The molecule has 1 N–H and O–H groups in total. The molecule has 1 aromatic carbocycles. The Morgan fingerprint density at radius 2 is 2.04 bits per heavy atom. The summed E-state index contributed by atoms with van der Waals surface area (Å²) in [5.41, 5.74) is 1.70. The summed E-state index contributed by atoms with van der Waals surface area (Å²) in [6.07, 6.45) is 4.05. The van der Waals surface area contributed by atoms with Gasteiger partial charge in [0.05, 0.1) is 11.4 Å². The Morgan fingerprint density at radius 3 is 2.70 bits per heavy atom. The van der Waals surface area contributed by atoms with E-state index in [9.17, 15) is 13.2 Å². The van der Waals surface area contributed by atoms with Crippen molar-refractivity contribution in [3.8, 4) is 0 Å². The number of hydrogen-bond donors (Lipinski definition) is 1. The van der Waals surface area contributed by atoms with Crippen molar-refractivity contribution in [1.29, 1.82) is 0 Å². The predicted octanol–water partition coefficient (Wildman–Crippen LogP) is 2.37. The molecule has 2 rings (SSSR count). The molecule has 1 atom stereocenters. The van der Waals surface area contributed by atoms with Crippen LogP contribution in [0, 0.1) is 13.8 Å². The van der Waals surface area contributed by atoms with Crippen LogP contribution in [-0.4, -0.2) is 38.4 Å². The van der Waals surface area contributed by atoms with E-state index in [1.54, 1.807) is 19.1 Å². The zero-order chi connectivity index (χ0) is 17.0. The molecule has 23 heavy (non-hydrogen) atoms. The smallest absolute Gasteiger partial charge is 0.241 e. The molecule has 6 heteroatoms. The molecule has 0 aliphatic carbocycles. The molecular formula is C17H26N2O3S. The Kier molecular flexibility index (Phi) is 5.81. The van der Waals surface area contributed by atoms with Crippen molar-refractivity contribution in [2.75, 3.05) is 13.1 Å². The SMILES string of the molecule is CCC1CCCCN1C(=O)CNS(=O)(=O)c1ccc(C)cc1C. The van der Waals surface area contributed by atoms with E-state index >= 15 is 0 Å². The monoisotopic (exact) mass is 338 g/mol. The van der Waals surface area contributed by atoms with Crippen LogP contribution in [0.5, 0.6) is 0 Å². The van der Waals surface area contributed by atoms with Gasteiger partial charge in [0.2, 0.25) is 15.9 Å². The van der Waals surface area contributed by atoms with Gasteiger partial charge in [-0.2, -0.15) is 0 Å². The lowest BCUT2D eigenvalue weighted by Crippen LogP contribution is -2.47. The minimum absolute atomic E-state index is 0.134. The lowest BCUT2D eigenvalue weighted by molar-refractivity contribution is -0.133. The molecule has 1 aliphatic rings. The first-order chi connectivity index (χ1) is 10.8. The van der Waals surface area contributed by atoms with Crippen LogP contribution in [-0.2, 0) is 14.8 Å². The summed E-state index contributed by atoms with van der Waals surface area (Å²) >= 11 is 0. The molecule has 1 unspecified atom stereocenters. The summed E-state index contributed by atoms with van der Waals surface area (Å²) in [5.74, 6) is -0.134. The number of carbonyl (C=O) groups is 1. The number of piperidine rings is 1. The van der Waals surface area contributed by atoms with Gasteiger partial charge in [0.15, 0.2) is 0 Å². The van der Waals surface area contributed by atoms with Crippen molar-refractivity contribution in [2.24, 2.45) is 0 Å². The van der Waals surface area contributed by atoms with Gasteiger partial charge in [0.1, 0.15) is 0 Å². The molecule has 1 fully saturated rings.